The third kappa shape index (κ3) is 2.84. The Morgan fingerprint density at radius 1 is 1.65 bits per heavy atom. The minimum atomic E-state index is -0.942. The highest BCUT2D eigenvalue weighted by molar-refractivity contribution is 6.27. The number of aliphatic hydroxyl groups is 2. The van der Waals surface area contributed by atoms with Gasteiger partial charge in [0, 0.05) is 23.7 Å². The summed E-state index contributed by atoms with van der Waals surface area (Å²) in [5.74, 6) is -0.0608. The molecule has 1 aliphatic heterocycles. The summed E-state index contributed by atoms with van der Waals surface area (Å²) < 4.78 is 6.47. The molecule has 1 aromatic heterocycles. The maximum absolute atomic E-state index is 11.9. The molecule has 0 aromatic carbocycles. The summed E-state index contributed by atoms with van der Waals surface area (Å²) in [7, 11) is 0. The second kappa shape index (κ2) is 6.33. The van der Waals surface area contributed by atoms with Gasteiger partial charge in [-0.25, -0.2) is 4.79 Å². The van der Waals surface area contributed by atoms with Crippen LogP contribution < -0.4 is 11.2 Å². The molecule has 2 rings (SSSR count). The monoisotopic (exact) mass is 303 g/mol. The molecule has 9 heteroatoms. The van der Waals surface area contributed by atoms with Crippen molar-refractivity contribution in [3.63, 3.8) is 0 Å². The van der Waals surface area contributed by atoms with Crippen molar-refractivity contribution in [2.75, 3.05) is 12.1 Å². The van der Waals surface area contributed by atoms with Gasteiger partial charge in [0.15, 0.2) is 12.0 Å². The minimum Gasteiger partial charge on any atom is -0.394 e. The topological polar surface area (TPSA) is 117 Å². The third-order valence-electron chi connectivity index (χ3n) is 2.97. The Balaban J connectivity index is 2.42. The van der Waals surface area contributed by atoms with Crippen molar-refractivity contribution in [3.05, 3.63) is 27.8 Å². The van der Waals surface area contributed by atoms with Crippen molar-refractivity contribution in [2.45, 2.75) is 24.9 Å². The van der Waals surface area contributed by atoms with Gasteiger partial charge in [-0.1, -0.05) is 11.6 Å². The Morgan fingerprint density at radius 3 is 2.95 bits per heavy atom. The number of anilines is 1. The van der Waals surface area contributed by atoms with E-state index >= 15 is 0 Å². The Bertz CT molecular complexity index is 561. The highest BCUT2D eigenvalue weighted by Gasteiger charge is 2.35. The number of halogens is 1. The molecule has 3 atom stereocenters. The van der Waals surface area contributed by atoms with Gasteiger partial charge in [0.05, 0.1) is 12.7 Å². The number of aliphatic hydroxyl groups excluding tert-OH is 2. The molecule has 1 saturated heterocycles. The lowest BCUT2D eigenvalue weighted by Crippen LogP contribution is -2.32. The Labute approximate surface area is 118 Å². The van der Waals surface area contributed by atoms with Crippen LogP contribution in [0.5, 0.6) is 0 Å². The second-order valence-electron chi connectivity index (χ2n) is 4.27. The van der Waals surface area contributed by atoms with E-state index in [-0.39, 0.29) is 18.8 Å². The van der Waals surface area contributed by atoms with Crippen LogP contribution in [0.1, 0.15) is 18.2 Å². The molecule has 1 fully saturated rings. The molecule has 2 heterocycles. The van der Waals surface area contributed by atoms with Gasteiger partial charge in [-0.2, -0.15) is 4.98 Å². The first-order valence-electron chi connectivity index (χ1n) is 5.85. The fourth-order valence-electron chi connectivity index (χ4n) is 2.04. The van der Waals surface area contributed by atoms with Crippen LogP contribution >= 0.6 is 11.6 Å². The van der Waals surface area contributed by atoms with Crippen molar-refractivity contribution in [1.82, 2.24) is 9.55 Å². The number of aromatic nitrogens is 2. The molecule has 8 nitrogen and oxygen atoms in total. The third-order valence-corrected chi connectivity index (χ3v) is 3.10. The average molecular weight is 304 g/mol. The first-order valence-corrected chi connectivity index (χ1v) is 6.28. The number of ether oxygens (including phenoxy) is 1. The summed E-state index contributed by atoms with van der Waals surface area (Å²) in [6.07, 6.45) is 0.558. The normalized spacial score (nSPS) is 26.3. The summed E-state index contributed by atoms with van der Waals surface area (Å²) in [6.45, 7) is -0.250. The molecule has 0 amide bonds. The summed E-state index contributed by atoms with van der Waals surface area (Å²) in [5.41, 5.74) is 2.61. The smallest absolute Gasteiger partial charge is 0.351 e. The fourth-order valence-corrected chi connectivity index (χ4v) is 2.18. The molecule has 0 bridgehead atoms. The van der Waals surface area contributed by atoms with E-state index in [2.05, 4.69) is 4.98 Å². The van der Waals surface area contributed by atoms with Gasteiger partial charge >= 0.3 is 5.69 Å². The lowest BCUT2D eigenvalue weighted by molar-refractivity contribution is -0.0530. The van der Waals surface area contributed by atoms with Crippen LogP contribution in [-0.2, 0) is 4.74 Å². The predicted molar refractivity (Wildman–Crippen MR) is 70.4 cm³/mol. The second-order valence-corrected chi connectivity index (χ2v) is 4.53. The van der Waals surface area contributed by atoms with Gasteiger partial charge in [-0.05, 0) is 6.08 Å². The van der Waals surface area contributed by atoms with E-state index in [4.69, 9.17) is 26.7 Å². The Hall–Kier alpha value is -1.45. The fraction of sp³-hybridized carbons (Fsp3) is 0.455. The highest BCUT2D eigenvalue weighted by atomic mass is 35.5. The van der Waals surface area contributed by atoms with Crippen LogP contribution in [0.25, 0.3) is 6.08 Å². The highest BCUT2D eigenvalue weighted by Crippen LogP contribution is 2.28. The van der Waals surface area contributed by atoms with E-state index in [1.807, 2.05) is 0 Å². The molecular weight excluding hydrogens is 290 g/mol. The first-order chi connectivity index (χ1) is 9.60. The molecular formula is C11H14ClN3O5. The number of hydrogen-bond acceptors (Lipinski definition) is 7. The zero-order valence-corrected chi connectivity index (χ0v) is 11.1. The van der Waals surface area contributed by atoms with Crippen LogP contribution in [0, 0.1) is 0 Å². The first kappa shape index (κ1) is 14.9. The zero-order chi connectivity index (χ0) is 14.7. The summed E-state index contributed by atoms with van der Waals surface area (Å²) >= 11 is 5.47. The van der Waals surface area contributed by atoms with Crippen molar-refractivity contribution in [1.29, 1.82) is 0 Å². The van der Waals surface area contributed by atoms with Crippen molar-refractivity contribution >= 4 is 23.5 Å². The van der Waals surface area contributed by atoms with E-state index in [0.717, 1.165) is 4.57 Å². The minimum absolute atomic E-state index is 0.0608. The lowest BCUT2D eigenvalue weighted by Gasteiger charge is -2.18. The van der Waals surface area contributed by atoms with Gasteiger partial charge < -0.3 is 14.9 Å². The number of rotatable bonds is 4. The van der Waals surface area contributed by atoms with Crippen LogP contribution in [0.3, 0.4) is 0 Å². The largest absolute Gasteiger partial charge is 0.394 e. The Morgan fingerprint density at radius 2 is 2.40 bits per heavy atom. The van der Waals surface area contributed by atoms with E-state index in [1.54, 1.807) is 5.48 Å². The van der Waals surface area contributed by atoms with E-state index in [9.17, 15) is 9.90 Å². The van der Waals surface area contributed by atoms with Crippen LogP contribution in [0.2, 0.25) is 0 Å². The molecule has 0 unspecified atom stereocenters. The summed E-state index contributed by atoms with van der Waals surface area (Å²) in [4.78, 5) is 15.5. The number of nitrogens with zero attached hydrogens (tertiary/aromatic N) is 2. The van der Waals surface area contributed by atoms with Gasteiger partial charge in [0.25, 0.3) is 0 Å². The van der Waals surface area contributed by atoms with Crippen LogP contribution in [0.15, 0.2) is 16.5 Å². The number of hydrogen-bond donors (Lipinski definition) is 4. The quantitative estimate of drug-likeness (QED) is 0.574. The Kier molecular flexibility index (Phi) is 4.73. The van der Waals surface area contributed by atoms with Crippen molar-refractivity contribution < 1.29 is 20.2 Å². The van der Waals surface area contributed by atoms with Crippen LogP contribution in [-0.4, -0.2) is 43.8 Å². The lowest BCUT2D eigenvalue weighted by atomic mass is 10.2. The molecule has 110 valence electrons. The van der Waals surface area contributed by atoms with E-state index in [0.29, 0.717) is 5.56 Å². The summed E-state index contributed by atoms with van der Waals surface area (Å²) in [5, 5.41) is 27.8. The predicted octanol–water partition coefficient (Wildman–Crippen LogP) is -0.105. The zero-order valence-electron chi connectivity index (χ0n) is 10.3. The van der Waals surface area contributed by atoms with Crippen molar-refractivity contribution in [3.8, 4) is 0 Å². The molecule has 0 saturated carbocycles. The molecule has 1 aromatic rings. The summed E-state index contributed by atoms with van der Waals surface area (Å²) in [6, 6.07) is 0. The SMILES string of the molecule is O=c1nc(NO)c(C=CCl)cn1[C@@H]1O[C@H](CO)C[C@H]1O. The standard InChI is InChI=1S/C11H14ClN3O5/c12-2-1-6-4-15(11(18)13-9(6)14-19)10-8(17)3-7(5-16)20-10/h1-2,4,7-8,10,16-17,19H,3,5H2,(H,13,14,18)/t7-,8+,10+/m0/s1. The molecule has 0 spiro atoms. The average Bonchev–Trinajstić information content (AvgIpc) is 2.81. The van der Waals surface area contributed by atoms with Crippen LogP contribution in [0.4, 0.5) is 5.82 Å². The van der Waals surface area contributed by atoms with Gasteiger partial charge in [0.1, 0.15) is 6.10 Å². The molecule has 4 N–H and O–H groups in total. The van der Waals surface area contributed by atoms with E-state index < -0.39 is 24.1 Å². The van der Waals surface area contributed by atoms with Gasteiger partial charge in [0.2, 0.25) is 0 Å². The maximum Gasteiger partial charge on any atom is 0.351 e. The number of nitrogens with one attached hydrogen (secondary N) is 1. The molecule has 0 aliphatic carbocycles. The molecule has 0 radical (unpaired) electrons. The molecule has 1 aliphatic rings. The van der Waals surface area contributed by atoms with Crippen molar-refractivity contribution in [2.24, 2.45) is 0 Å². The van der Waals surface area contributed by atoms with Gasteiger partial charge in [-0.3, -0.25) is 15.3 Å². The maximum atomic E-state index is 11.9. The van der Waals surface area contributed by atoms with E-state index in [1.165, 1.54) is 17.8 Å². The molecule has 20 heavy (non-hydrogen) atoms. The van der Waals surface area contributed by atoms with Gasteiger partial charge in [-0.15, -0.1) is 0 Å².